The zero-order valence-corrected chi connectivity index (χ0v) is 11.3. The van der Waals surface area contributed by atoms with Gasteiger partial charge in [0.05, 0.1) is 6.20 Å². The minimum Gasteiger partial charge on any atom is -0.358 e. The quantitative estimate of drug-likeness (QED) is 0.830. The van der Waals surface area contributed by atoms with E-state index in [9.17, 15) is 0 Å². The normalized spacial score (nSPS) is 10.1. The monoisotopic (exact) mass is 260 g/mol. The van der Waals surface area contributed by atoms with Crippen molar-refractivity contribution in [1.29, 1.82) is 0 Å². The summed E-state index contributed by atoms with van der Waals surface area (Å²) in [7, 11) is 1.90. The second kappa shape index (κ2) is 5.64. The molecule has 0 fully saturated rings. The molecule has 1 heterocycles. The molecule has 0 radical (unpaired) electrons. The van der Waals surface area contributed by atoms with Gasteiger partial charge in [0.25, 0.3) is 0 Å². The maximum Gasteiger partial charge on any atom is 0.171 e. The molecular weight excluding hydrogens is 244 g/mol. The Morgan fingerprint density at radius 2 is 2.17 bits per heavy atom. The molecule has 0 unspecified atom stereocenters. The van der Waals surface area contributed by atoms with Crippen LogP contribution in [-0.2, 0) is 13.6 Å². The van der Waals surface area contributed by atoms with Gasteiger partial charge in [0, 0.05) is 31.0 Å². The van der Waals surface area contributed by atoms with E-state index in [2.05, 4.69) is 15.7 Å². The molecule has 0 bridgehead atoms. The van der Waals surface area contributed by atoms with Gasteiger partial charge in [0.1, 0.15) is 0 Å². The van der Waals surface area contributed by atoms with E-state index < -0.39 is 0 Å². The predicted octanol–water partition coefficient (Wildman–Crippen LogP) is 2.22. The molecule has 94 valence electrons. The van der Waals surface area contributed by atoms with E-state index in [0.29, 0.717) is 11.7 Å². The summed E-state index contributed by atoms with van der Waals surface area (Å²) >= 11 is 5.25. The van der Waals surface area contributed by atoms with E-state index in [4.69, 9.17) is 12.2 Å². The number of nitrogens with one attached hydrogen (secondary N) is 2. The first-order chi connectivity index (χ1) is 8.65. The molecule has 0 aliphatic carbocycles. The first kappa shape index (κ1) is 12.6. The van der Waals surface area contributed by atoms with Gasteiger partial charge in [-0.15, -0.1) is 0 Å². The molecule has 0 saturated heterocycles. The van der Waals surface area contributed by atoms with Crippen LogP contribution in [0, 0.1) is 6.92 Å². The lowest BCUT2D eigenvalue weighted by Crippen LogP contribution is -2.28. The van der Waals surface area contributed by atoms with Crippen molar-refractivity contribution in [1.82, 2.24) is 15.1 Å². The molecular formula is C13H16N4S. The molecule has 0 saturated carbocycles. The summed E-state index contributed by atoms with van der Waals surface area (Å²) < 4.78 is 1.77. The number of hydrogen-bond acceptors (Lipinski definition) is 2. The largest absolute Gasteiger partial charge is 0.358 e. The summed E-state index contributed by atoms with van der Waals surface area (Å²) in [6.07, 6.45) is 3.78. The van der Waals surface area contributed by atoms with Crippen LogP contribution in [0.4, 0.5) is 5.69 Å². The molecule has 4 nitrogen and oxygen atoms in total. The number of thiocarbonyl (C=S) groups is 1. The van der Waals surface area contributed by atoms with E-state index in [1.807, 2.05) is 50.6 Å². The fraction of sp³-hybridized carbons (Fsp3) is 0.231. The Balaban J connectivity index is 1.88. The molecule has 0 aliphatic rings. The van der Waals surface area contributed by atoms with Crippen molar-refractivity contribution >= 4 is 23.0 Å². The Kier molecular flexibility index (Phi) is 3.94. The molecule has 0 atom stereocenters. The molecule has 18 heavy (non-hydrogen) atoms. The summed E-state index contributed by atoms with van der Waals surface area (Å²) in [6.45, 7) is 2.72. The van der Waals surface area contributed by atoms with E-state index in [1.54, 1.807) is 4.68 Å². The Bertz CT molecular complexity index is 547. The fourth-order valence-electron chi connectivity index (χ4n) is 1.63. The van der Waals surface area contributed by atoms with E-state index in [1.165, 1.54) is 5.56 Å². The van der Waals surface area contributed by atoms with Gasteiger partial charge in [-0.25, -0.2) is 0 Å². The highest BCUT2D eigenvalue weighted by Crippen LogP contribution is 2.12. The lowest BCUT2D eigenvalue weighted by molar-refractivity contribution is 0.766. The van der Waals surface area contributed by atoms with Gasteiger partial charge in [-0.3, -0.25) is 4.68 Å². The van der Waals surface area contributed by atoms with Crippen LogP contribution in [0.1, 0.15) is 11.1 Å². The Morgan fingerprint density at radius 1 is 1.39 bits per heavy atom. The summed E-state index contributed by atoms with van der Waals surface area (Å²) in [5.74, 6) is 0. The van der Waals surface area contributed by atoms with Crippen LogP contribution >= 0.6 is 12.2 Å². The van der Waals surface area contributed by atoms with Gasteiger partial charge in [0.15, 0.2) is 5.11 Å². The van der Waals surface area contributed by atoms with Crippen molar-refractivity contribution in [2.45, 2.75) is 13.5 Å². The van der Waals surface area contributed by atoms with Crippen molar-refractivity contribution in [3.05, 3.63) is 47.8 Å². The van der Waals surface area contributed by atoms with Crippen LogP contribution in [0.5, 0.6) is 0 Å². The van der Waals surface area contributed by atoms with E-state index in [-0.39, 0.29) is 0 Å². The van der Waals surface area contributed by atoms with Crippen molar-refractivity contribution in [3.8, 4) is 0 Å². The van der Waals surface area contributed by atoms with Crippen molar-refractivity contribution in [2.75, 3.05) is 5.32 Å². The average Bonchev–Trinajstić information content (AvgIpc) is 2.76. The third kappa shape index (κ3) is 3.30. The molecule has 1 aromatic carbocycles. The number of aryl methyl sites for hydroxylation is 2. The first-order valence-corrected chi connectivity index (χ1v) is 6.14. The highest BCUT2D eigenvalue weighted by atomic mass is 32.1. The van der Waals surface area contributed by atoms with Crippen LogP contribution in [-0.4, -0.2) is 14.9 Å². The van der Waals surface area contributed by atoms with Crippen LogP contribution in [0.25, 0.3) is 0 Å². The maximum atomic E-state index is 5.25. The van der Waals surface area contributed by atoms with Crippen LogP contribution in [0.3, 0.4) is 0 Å². The second-order valence-corrected chi connectivity index (χ2v) is 4.55. The lowest BCUT2D eigenvalue weighted by atomic mass is 10.2. The topological polar surface area (TPSA) is 41.9 Å². The minimum absolute atomic E-state index is 0.619. The Labute approximate surface area is 112 Å². The maximum absolute atomic E-state index is 5.25. The molecule has 2 aromatic rings. The van der Waals surface area contributed by atoms with Crippen LogP contribution < -0.4 is 10.6 Å². The van der Waals surface area contributed by atoms with Gasteiger partial charge < -0.3 is 10.6 Å². The van der Waals surface area contributed by atoms with Crippen molar-refractivity contribution < 1.29 is 0 Å². The number of para-hydroxylation sites is 1. The van der Waals surface area contributed by atoms with Crippen molar-refractivity contribution in [2.24, 2.45) is 7.05 Å². The van der Waals surface area contributed by atoms with E-state index in [0.717, 1.165) is 11.3 Å². The third-order valence-corrected chi connectivity index (χ3v) is 2.85. The number of rotatable bonds is 3. The highest BCUT2D eigenvalue weighted by molar-refractivity contribution is 7.80. The van der Waals surface area contributed by atoms with Gasteiger partial charge in [-0.1, -0.05) is 18.2 Å². The number of hydrogen-bond donors (Lipinski definition) is 2. The Morgan fingerprint density at radius 3 is 2.83 bits per heavy atom. The van der Waals surface area contributed by atoms with Gasteiger partial charge in [-0.05, 0) is 30.8 Å². The highest BCUT2D eigenvalue weighted by Gasteiger charge is 2.01. The Hall–Kier alpha value is -1.88. The summed E-state index contributed by atoms with van der Waals surface area (Å²) in [6, 6.07) is 8.05. The van der Waals surface area contributed by atoms with E-state index >= 15 is 0 Å². The van der Waals surface area contributed by atoms with Crippen LogP contribution in [0.15, 0.2) is 36.7 Å². The standard InChI is InChI=1S/C13H16N4S/c1-10-5-3-4-6-12(10)16-13(18)14-7-11-8-15-17(2)9-11/h3-6,8-9H,7H2,1-2H3,(H2,14,16,18). The van der Waals surface area contributed by atoms with Crippen LogP contribution in [0.2, 0.25) is 0 Å². The molecule has 0 aliphatic heterocycles. The average molecular weight is 260 g/mol. The fourth-order valence-corrected chi connectivity index (χ4v) is 1.81. The lowest BCUT2D eigenvalue weighted by Gasteiger charge is -2.11. The number of nitrogens with zero attached hydrogens (tertiary/aromatic N) is 2. The zero-order valence-electron chi connectivity index (χ0n) is 10.5. The molecule has 0 spiro atoms. The second-order valence-electron chi connectivity index (χ2n) is 4.14. The summed E-state index contributed by atoms with van der Waals surface area (Å²) in [5.41, 5.74) is 3.30. The van der Waals surface area contributed by atoms with Gasteiger partial charge >= 0.3 is 0 Å². The third-order valence-electron chi connectivity index (χ3n) is 2.60. The molecule has 2 N–H and O–H groups in total. The van der Waals surface area contributed by atoms with Gasteiger partial charge in [-0.2, -0.15) is 5.10 Å². The minimum atomic E-state index is 0.619. The van der Waals surface area contributed by atoms with Gasteiger partial charge in [0.2, 0.25) is 0 Å². The summed E-state index contributed by atoms with van der Waals surface area (Å²) in [5, 5.41) is 11.1. The first-order valence-electron chi connectivity index (χ1n) is 5.73. The molecule has 2 rings (SSSR count). The van der Waals surface area contributed by atoms with Crippen molar-refractivity contribution in [3.63, 3.8) is 0 Å². The molecule has 0 amide bonds. The number of aromatic nitrogens is 2. The number of benzene rings is 1. The zero-order chi connectivity index (χ0) is 13.0. The predicted molar refractivity (Wildman–Crippen MR) is 77.4 cm³/mol. The SMILES string of the molecule is Cc1ccccc1NC(=S)NCc1cnn(C)c1. The smallest absolute Gasteiger partial charge is 0.171 e. The summed E-state index contributed by atoms with van der Waals surface area (Å²) in [4.78, 5) is 0. The number of anilines is 1. The molecule has 5 heteroatoms. The molecule has 1 aromatic heterocycles.